The molecule has 0 bridgehead atoms. The molecule has 7 heteroatoms. The van der Waals surface area contributed by atoms with Crippen LogP contribution in [0.2, 0.25) is 0 Å². The van der Waals surface area contributed by atoms with Gasteiger partial charge in [0.25, 0.3) is 0 Å². The lowest BCUT2D eigenvalue weighted by molar-refractivity contribution is 0.161. The van der Waals surface area contributed by atoms with Crippen LogP contribution in [0, 0.1) is 5.92 Å². The first-order valence-electron chi connectivity index (χ1n) is 6.30. The Kier molecular flexibility index (Phi) is 9.15. The molecule has 0 aromatic heterocycles. The molecular weight excluding hydrogens is 276 g/mol. The largest absolute Gasteiger partial charge is 0.381 e. The van der Waals surface area contributed by atoms with Crippen molar-refractivity contribution in [1.82, 2.24) is 9.62 Å². The third-order valence-corrected chi connectivity index (χ3v) is 4.98. The van der Waals surface area contributed by atoms with Crippen molar-refractivity contribution >= 4 is 22.4 Å². The van der Waals surface area contributed by atoms with E-state index in [1.54, 1.807) is 4.31 Å². The van der Waals surface area contributed by atoms with Crippen molar-refractivity contribution in [2.24, 2.45) is 5.92 Å². The van der Waals surface area contributed by atoms with E-state index < -0.39 is 10.0 Å². The number of rotatable bonds is 7. The summed E-state index contributed by atoms with van der Waals surface area (Å²) in [6, 6.07) is 0. The maximum absolute atomic E-state index is 12.0. The van der Waals surface area contributed by atoms with Crippen molar-refractivity contribution in [3.63, 3.8) is 0 Å². The van der Waals surface area contributed by atoms with Crippen LogP contribution in [0.4, 0.5) is 0 Å². The van der Waals surface area contributed by atoms with E-state index in [1.807, 2.05) is 14.0 Å². The number of hydrogen-bond donors (Lipinski definition) is 1. The van der Waals surface area contributed by atoms with Crippen LogP contribution in [0.15, 0.2) is 0 Å². The van der Waals surface area contributed by atoms with E-state index >= 15 is 0 Å². The summed E-state index contributed by atoms with van der Waals surface area (Å²) in [5, 5.41) is 3.14. The van der Waals surface area contributed by atoms with Crippen LogP contribution in [0.1, 0.15) is 19.8 Å². The van der Waals surface area contributed by atoms with Crippen LogP contribution in [0.5, 0.6) is 0 Å². The van der Waals surface area contributed by atoms with Crippen LogP contribution in [-0.4, -0.2) is 58.4 Å². The third-order valence-electron chi connectivity index (χ3n) is 3.15. The summed E-state index contributed by atoms with van der Waals surface area (Å²) in [5.74, 6) is 0.718. The highest BCUT2D eigenvalue weighted by molar-refractivity contribution is 7.89. The minimum Gasteiger partial charge on any atom is -0.381 e. The van der Waals surface area contributed by atoms with Gasteiger partial charge in [-0.15, -0.1) is 12.4 Å². The zero-order chi connectivity index (χ0) is 12.7. The SMILES string of the molecule is CCOCCS(=O)(=O)N1CCC(CNC)CC1.Cl. The summed E-state index contributed by atoms with van der Waals surface area (Å²) in [6.45, 7) is 5.03. The molecule has 5 nitrogen and oxygen atoms in total. The van der Waals surface area contributed by atoms with E-state index in [-0.39, 0.29) is 18.2 Å². The Bertz CT molecular complexity index is 303. The molecule has 18 heavy (non-hydrogen) atoms. The average Bonchev–Trinajstić information content (AvgIpc) is 2.30. The summed E-state index contributed by atoms with van der Waals surface area (Å²) in [4.78, 5) is 0. The Balaban J connectivity index is 0.00000289. The van der Waals surface area contributed by atoms with Crippen molar-refractivity contribution in [3.05, 3.63) is 0 Å². The Morgan fingerprint density at radius 2 is 1.94 bits per heavy atom. The van der Waals surface area contributed by atoms with Gasteiger partial charge in [0.05, 0.1) is 12.4 Å². The predicted octanol–water partition coefficient (Wildman–Crippen LogP) is 0.706. The minimum absolute atomic E-state index is 0. The number of piperidine rings is 1. The van der Waals surface area contributed by atoms with E-state index in [2.05, 4.69) is 5.32 Å². The van der Waals surface area contributed by atoms with Crippen molar-refractivity contribution in [2.75, 3.05) is 45.6 Å². The second-order valence-electron chi connectivity index (χ2n) is 4.41. The Labute approximate surface area is 117 Å². The Hall–Kier alpha value is 0.120. The number of hydrogen-bond acceptors (Lipinski definition) is 4. The summed E-state index contributed by atoms with van der Waals surface area (Å²) >= 11 is 0. The second kappa shape index (κ2) is 9.09. The molecule has 1 aliphatic heterocycles. The van der Waals surface area contributed by atoms with E-state index in [9.17, 15) is 8.42 Å². The van der Waals surface area contributed by atoms with E-state index in [1.165, 1.54) is 0 Å². The van der Waals surface area contributed by atoms with Gasteiger partial charge in [0.2, 0.25) is 10.0 Å². The molecule has 0 aromatic carbocycles. The van der Waals surface area contributed by atoms with Crippen molar-refractivity contribution in [3.8, 4) is 0 Å². The monoisotopic (exact) mass is 300 g/mol. The Morgan fingerprint density at radius 1 is 1.33 bits per heavy atom. The molecule has 0 atom stereocenters. The normalized spacial score (nSPS) is 18.6. The van der Waals surface area contributed by atoms with Crippen LogP contribution >= 0.6 is 12.4 Å². The van der Waals surface area contributed by atoms with Crippen molar-refractivity contribution in [2.45, 2.75) is 19.8 Å². The van der Waals surface area contributed by atoms with Gasteiger partial charge in [-0.1, -0.05) is 0 Å². The topological polar surface area (TPSA) is 58.6 Å². The molecule has 1 N–H and O–H groups in total. The van der Waals surface area contributed by atoms with Gasteiger partial charge in [-0.25, -0.2) is 12.7 Å². The molecule has 110 valence electrons. The van der Waals surface area contributed by atoms with Gasteiger partial charge in [-0.05, 0) is 39.3 Å². The summed E-state index contributed by atoms with van der Waals surface area (Å²) < 4.78 is 30.6. The molecule has 0 saturated carbocycles. The number of sulfonamides is 1. The molecule has 0 spiro atoms. The zero-order valence-electron chi connectivity index (χ0n) is 11.2. The summed E-state index contributed by atoms with van der Waals surface area (Å²) in [5.41, 5.74) is 0. The molecular formula is C11H25ClN2O3S. The van der Waals surface area contributed by atoms with Gasteiger partial charge in [0.15, 0.2) is 0 Å². The highest BCUT2D eigenvalue weighted by atomic mass is 35.5. The number of halogens is 1. The maximum atomic E-state index is 12.0. The van der Waals surface area contributed by atoms with Crippen LogP contribution in [0.3, 0.4) is 0 Å². The molecule has 0 amide bonds. The highest BCUT2D eigenvalue weighted by Gasteiger charge is 2.27. The lowest BCUT2D eigenvalue weighted by Gasteiger charge is -2.31. The molecule has 1 fully saturated rings. The minimum atomic E-state index is -3.11. The summed E-state index contributed by atoms with van der Waals surface area (Å²) in [7, 11) is -1.17. The first-order chi connectivity index (χ1) is 8.10. The quantitative estimate of drug-likeness (QED) is 0.704. The fraction of sp³-hybridized carbons (Fsp3) is 1.00. The predicted molar refractivity (Wildman–Crippen MR) is 75.8 cm³/mol. The van der Waals surface area contributed by atoms with Gasteiger partial charge in [0.1, 0.15) is 0 Å². The first-order valence-corrected chi connectivity index (χ1v) is 7.91. The smallest absolute Gasteiger partial charge is 0.216 e. The molecule has 0 aromatic rings. The number of nitrogens with one attached hydrogen (secondary N) is 1. The molecule has 0 unspecified atom stereocenters. The molecule has 1 saturated heterocycles. The standard InChI is InChI=1S/C11H24N2O3S.ClH/c1-3-16-8-9-17(14,15)13-6-4-11(5-7-13)10-12-2;/h11-12H,3-10H2,1-2H3;1H. The molecule has 1 heterocycles. The number of ether oxygens (including phenoxy) is 1. The van der Waals surface area contributed by atoms with E-state index in [0.29, 0.717) is 32.2 Å². The zero-order valence-corrected chi connectivity index (χ0v) is 12.9. The lowest BCUT2D eigenvalue weighted by Crippen LogP contribution is -2.42. The second-order valence-corrected chi connectivity index (χ2v) is 6.50. The van der Waals surface area contributed by atoms with Crippen molar-refractivity contribution in [1.29, 1.82) is 0 Å². The van der Waals surface area contributed by atoms with Crippen molar-refractivity contribution < 1.29 is 13.2 Å². The maximum Gasteiger partial charge on any atom is 0.216 e. The van der Waals surface area contributed by atoms with Crippen LogP contribution in [0.25, 0.3) is 0 Å². The Morgan fingerprint density at radius 3 is 2.44 bits per heavy atom. The lowest BCUT2D eigenvalue weighted by atomic mass is 9.98. The highest BCUT2D eigenvalue weighted by Crippen LogP contribution is 2.19. The van der Waals surface area contributed by atoms with Gasteiger partial charge in [-0.2, -0.15) is 0 Å². The summed E-state index contributed by atoms with van der Waals surface area (Å²) in [6.07, 6.45) is 1.91. The van der Waals surface area contributed by atoms with E-state index in [4.69, 9.17) is 4.74 Å². The van der Waals surface area contributed by atoms with E-state index in [0.717, 1.165) is 19.4 Å². The molecule has 1 aliphatic rings. The van der Waals surface area contributed by atoms with Gasteiger partial charge in [0, 0.05) is 19.7 Å². The van der Waals surface area contributed by atoms with Gasteiger partial charge >= 0.3 is 0 Å². The van der Waals surface area contributed by atoms with Crippen LogP contribution in [-0.2, 0) is 14.8 Å². The average molecular weight is 301 g/mol. The third kappa shape index (κ3) is 5.84. The fourth-order valence-corrected chi connectivity index (χ4v) is 3.47. The van der Waals surface area contributed by atoms with Gasteiger partial charge < -0.3 is 10.1 Å². The van der Waals surface area contributed by atoms with Gasteiger partial charge in [-0.3, -0.25) is 0 Å². The molecule has 0 radical (unpaired) electrons. The van der Waals surface area contributed by atoms with Crippen LogP contribution < -0.4 is 5.32 Å². The molecule has 0 aliphatic carbocycles. The number of nitrogens with zero attached hydrogens (tertiary/aromatic N) is 1. The first kappa shape index (κ1) is 18.1. The molecule has 1 rings (SSSR count). The fourth-order valence-electron chi connectivity index (χ4n) is 2.12.